The molecule has 120 valence electrons. The van der Waals surface area contributed by atoms with E-state index in [0.29, 0.717) is 5.02 Å². The molecule has 2 nitrogen and oxygen atoms in total. The van der Waals surface area contributed by atoms with E-state index < -0.39 is 5.41 Å². The third-order valence-corrected chi connectivity index (χ3v) is 5.63. The fourth-order valence-electron chi connectivity index (χ4n) is 3.32. The van der Waals surface area contributed by atoms with E-state index in [1.165, 1.54) is 4.90 Å². The average molecular weight is 346 g/mol. The summed E-state index contributed by atoms with van der Waals surface area (Å²) >= 11 is 7.69. The molecule has 1 aliphatic rings. The summed E-state index contributed by atoms with van der Waals surface area (Å²) in [5, 5.41) is 3.81. The Bertz CT molecular complexity index is 676. The summed E-state index contributed by atoms with van der Waals surface area (Å²) in [6.45, 7) is 0. The third-order valence-electron chi connectivity index (χ3n) is 4.64. The zero-order valence-corrected chi connectivity index (χ0v) is 14.7. The van der Waals surface area contributed by atoms with E-state index >= 15 is 0 Å². The maximum Gasteiger partial charge on any atom is 0.235 e. The van der Waals surface area contributed by atoms with E-state index in [1.807, 2.05) is 54.8 Å². The predicted molar refractivity (Wildman–Crippen MR) is 98.5 cm³/mol. The molecule has 3 rings (SSSR count). The summed E-state index contributed by atoms with van der Waals surface area (Å²) in [6.07, 6.45) is 6.00. The lowest BCUT2D eigenvalue weighted by Gasteiger charge is -2.28. The number of halogens is 1. The summed E-state index contributed by atoms with van der Waals surface area (Å²) in [5.41, 5.74) is 1.49. The van der Waals surface area contributed by atoms with Gasteiger partial charge in [-0.1, -0.05) is 36.6 Å². The van der Waals surface area contributed by atoms with Crippen molar-refractivity contribution in [1.29, 1.82) is 0 Å². The Balaban J connectivity index is 1.85. The smallest absolute Gasteiger partial charge is 0.235 e. The minimum absolute atomic E-state index is 0.0919. The summed E-state index contributed by atoms with van der Waals surface area (Å²) < 4.78 is 0. The van der Waals surface area contributed by atoms with Crippen molar-refractivity contribution in [2.45, 2.75) is 36.0 Å². The zero-order chi connectivity index (χ0) is 16.3. The van der Waals surface area contributed by atoms with Gasteiger partial charge in [0.05, 0.1) is 5.41 Å². The van der Waals surface area contributed by atoms with E-state index in [1.54, 1.807) is 11.8 Å². The van der Waals surface area contributed by atoms with Gasteiger partial charge in [-0.2, -0.15) is 0 Å². The van der Waals surface area contributed by atoms with Gasteiger partial charge < -0.3 is 5.32 Å². The van der Waals surface area contributed by atoms with Crippen LogP contribution in [0.4, 0.5) is 5.69 Å². The maximum absolute atomic E-state index is 13.0. The van der Waals surface area contributed by atoms with Crippen molar-refractivity contribution in [1.82, 2.24) is 0 Å². The van der Waals surface area contributed by atoms with Crippen LogP contribution < -0.4 is 5.32 Å². The van der Waals surface area contributed by atoms with Crippen LogP contribution in [0.2, 0.25) is 5.02 Å². The van der Waals surface area contributed by atoms with Crippen LogP contribution in [0.25, 0.3) is 0 Å². The van der Waals surface area contributed by atoms with Gasteiger partial charge in [-0.25, -0.2) is 0 Å². The van der Waals surface area contributed by atoms with Crippen molar-refractivity contribution in [3.63, 3.8) is 0 Å². The Morgan fingerprint density at radius 2 is 1.65 bits per heavy atom. The molecule has 0 aliphatic heterocycles. The zero-order valence-electron chi connectivity index (χ0n) is 13.1. The predicted octanol–water partition coefficient (Wildman–Crippen LogP) is 5.51. The molecule has 0 heterocycles. The number of amides is 1. The Morgan fingerprint density at radius 1 is 1.04 bits per heavy atom. The highest BCUT2D eigenvalue weighted by Crippen LogP contribution is 2.42. The molecule has 0 saturated heterocycles. The second kappa shape index (κ2) is 6.98. The van der Waals surface area contributed by atoms with E-state index in [2.05, 4.69) is 5.32 Å². The second-order valence-electron chi connectivity index (χ2n) is 5.98. The fourth-order valence-corrected chi connectivity index (χ4v) is 3.85. The molecule has 1 amide bonds. The van der Waals surface area contributed by atoms with E-state index in [-0.39, 0.29) is 5.91 Å². The van der Waals surface area contributed by atoms with Crippen LogP contribution in [0.3, 0.4) is 0 Å². The van der Waals surface area contributed by atoms with Gasteiger partial charge in [0.15, 0.2) is 0 Å². The topological polar surface area (TPSA) is 29.1 Å². The summed E-state index contributed by atoms with van der Waals surface area (Å²) in [7, 11) is 0. The van der Waals surface area contributed by atoms with E-state index in [9.17, 15) is 4.79 Å². The average Bonchev–Trinajstić information content (AvgIpc) is 3.07. The minimum Gasteiger partial charge on any atom is -0.325 e. The third kappa shape index (κ3) is 3.41. The second-order valence-corrected chi connectivity index (χ2v) is 7.29. The van der Waals surface area contributed by atoms with Crippen molar-refractivity contribution >= 4 is 35.0 Å². The summed E-state index contributed by atoms with van der Waals surface area (Å²) in [4.78, 5) is 14.2. The minimum atomic E-state index is -0.428. The molecule has 1 aliphatic carbocycles. The van der Waals surface area contributed by atoms with Gasteiger partial charge in [0.2, 0.25) is 5.91 Å². The van der Waals surface area contributed by atoms with E-state index in [4.69, 9.17) is 11.6 Å². The molecule has 0 unspecified atom stereocenters. The number of anilines is 1. The molecule has 0 atom stereocenters. The van der Waals surface area contributed by atoms with Crippen LogP contribution in [0.5, 0.6) is 0 Å². The molecular formula is C19H20ClNOS. The molecule has 1 fully saturated rings. The first kappa shape index (κ1) is 16.4. The Morgan fingerprint density at radius 3 is 2.22 bits per heavy atom. The number of hydrogen-bond donors (Lipinski definition) is 1. The van der Waals surface area contributed by atoms with Gasteiger partial charge in [-0.15, -0.1) is 11.8 Å². The highest BCUT2D eigenvalue weighted by molar-refractivity contribution is 7.98. The quantitative estimate of drug-likeness (QED) is 0.740. The van der Waals surface area contributed by atoms with Gasteiger partial charge in [0, 0.05) is 15.6 Å². The van der Waals surface area contributed by atoms with Crippen LogP contribution in [-0.2, 0) is 10.2 Å². The van der Waals surface area contributed by atoms with Crippen molar-refractivity contribution in [3.05, 3.63) is 59.1 Å². The van der Waals surface area contributed by atoms with Crippen molar-refractivity contribution < 1.29 is 4.79 Å². The molecule has 0 bridgehead atoms. The van der Waals surface area contributed by atoms with Crippen LogP contribution >= 0.6 is 23.4 Å². The lowest BCUT2D eigenvalue weighted by molar-refractivity contribution is -0.121. The van der Waals surface area contributed by atoms with Crippen molar-refractivity contribution in [2.75, 3.05) is 11.6 Å². The number of nitrogens with one attached hydrogen (secondary N) is 1. The normalized spacial score (nSPS) is 16.3. The molecule has 4 heteroatoms. The Hall–Kier alpha value is -1.45. The monoisotopic (exact) mass is 345 g/mol. The molecule has 0 radical (unpaired) electrons. The first-order valence-electron chi connectivity index (χ1n) is 7.86. The molecule has 1 N–H and O–H groups in total. The standard InChI is InChI=1S/C19H20ClNOS/c1-23-17-10-8-16(9-11-17)21-18(22)19(12-2-3-13-19)14-4-6-15(20)7-5-14/h4-11H,2-3,12-13H2,1H3,(H,21,22). The van der Waals surface area contributed by atoms with Gasteiger partial charge in [0.25, 0.3) is 0 Å². The lowest BCUT2D eigenvalue weighted by atomic mass is 9.78. The Labute approximate surface area is 146 Å². The van der Waals surface area contributed by atoms with Gasteiger partial charge >= 0.3 is 0 Å². The molecular weight excluding hydrogens is 326 g/mol. The van der Waals surface area contributed by atoms with Gasteiger partial charge in [0.1, 0.15) is 0 Å². The molecule has 2 aromatic carbocycles. The maximum atomic E-state index is 13.0. The summed E-state index contributed by atoms with van der Waals surface area (Å²) in [5.74, 6) is 0.0919. The number of thioether (sulfide) groups is 1. The molecule has 0 spiro atoms. The fraction of sp³-hybridized carbons (Fsp3) is 0.316. The highest BCUT2D eigenvalue weighted by Gasteiger charge is 2.42. The number of hydrogen-bond acceptors (Lipinski definition) is 2. The molecule has 2 aromatic rings. The van der Waals surface area contributed by atoms with Gasteiger partial charge in [-0.3, -0.25) is 4.79 Å². The summed E-state index contributed by atoms with van der Waals surface area (Å²) in [6, 6.07) is 15.7. The number of carbonyl (C=O) groups excluding carboxylic acids is 1. The highest BCUT2D eigenvalue weighted by atomic mass is 35.5. The largest absolute Gasteiger partial charge is 0.325 e. The van der Waals surface area contributed by atoms with Gasteiger partial charge in [-0.05, 0) is 61.1 Å². The first-order chi connectivity index (χ1) is 11.1. The SMILES string of the molecule is CSc1ccc(NC(=O)C2(c3ccc(Cl)cc3)CCCC2)cc1. The van der Waals surface area contributed by atoms with Crippen molar-refractivity contribution in [2.24, 2.45) is 0 Å². The molecule has 1 saturated carbocycles. The molecule has 23 heavy (non-hydrogen) atoms. The van der Waals surface area contributed by atoms with Crippen LogP contribution in [0.1, 0.15) is 31.2 Å². The number of carbonyl (C=O) groups is 1. The Kier molecular flexibility index (Phi) is 4.98. The van der Waals surface area contributed by atoms with Crippen LogP contribution in [0.15, 0.2) is 53.4 Å². The van der Waals surface area contributed by atoms with Crippen LogP contribution in [-0.4, -0.2) is 12.2 Å². The van der Waals surface area contributed by atoms with Crippen molar-refractivity contribution in [3.8, 4) is 0 Å². The lowest BCUT2D eigenvalue weighted by Crippen LogP contribution is -2.37. The van der Waals surface area contributed by atoms with E-state index in [0.717, 1.165) is 36.9 Å². The number of rotatable bonds is 4. The van der Waals surface area contributed by atoms with Crippen LogP contribution in [0, 0.1) is 0 Å². The first-order valence-corrected chi connectivity index (χ1v) is 9.46. The molecule has 0 aromatic heterocycles. The number of benzene rings is 2.